The van der Waals surface area contributed by atoms with Gasteiger partial charge in [0.2, 0.25) is 0 Å². The van der Waals surface area contributed by atoms with E-state index in [1.54, 1.807) is 6.07 Å². The molecule has 0 aliphatic carbocycles. The lowest BCUT2D eigenvalue weighted by Crippen LogP contribution is -2.35. The number of likely N-dealkylation sites (N-methyl/N-ethyl adjacent to an activating group) is 1. The third-order valence-corrected chi connectivity index (χ3v) is 3.16. The summed E-state index contributed by atoms with van der Waals surface area (Å²) in [4.78, 5) is 2.04. The lowest BCUT2D eigenvalue weighted by atomic mass is 10.1. The third-order valence-electron chi connectivity index (χ3n) is 3.16. The second kappa shape index (κ2) is 8.25. The van der Waals surface area contributed by atoms with Crippen LogP contribution in [0.1, 0.15) is 32.4 Å². The van der Waals surface area contributed by atoms with Crippen LogP contribution in [0.2, 0.25) is 0 Å². The van der Waals surface area contributed by atoms with Gasteiger partial charge in [-0.15, -0.1) is 0 Å². The lowest BCUT2D eigenvalue weighted by molar-refractivity contribution is -0.148. The number of nitrogens with zero attached hydrogens (tertiary/aromatic N) is 1. The van der Waals surface area contributed by atoms with Gasteiger partial charge in [-0.2, -0.15) is 0 Å². The lowest BCUT2D eigenvalue weighted by Gasteiger charge is -2.29. The minimum Gasteiger partial charge on any atom is -0.352 e. The fraction of sp³-hybridized carbons (Fsp3) is 0.600. The highest BCUT2D eigenvalue weighted by Gasteiger charge is 2.19. The second-order valence-electron chi connectivity index (χ2n) is 4.48. The summed E-state index contributed by atoms with van der Waals surface area (Å²) in [7, 11) is 1.95. The van der Waals surface area contributed by atoms with E-state index in [4.69, 9.17) is 9.47 Å². The number of hydrogen-bond donors (Lipinski definition) is 0. The fourth-order valence-corrected chi connectivity index (χ4v) is 1.97. The highest BCUT2D eigenvalue weighted by atomic mass is 19.1. The van der Waals surface area contributed by atoms with Gasteiger partial charge in [-0.1, -0.05) is 18.2 Å². The summed E-state index contributed by atoms with van der Waals surface area (Å²) in [5, 5.41) is 0. The van der Waals surface area contributed by atoms with Crippen LogP contribution in [0.25, 0.3) is 0 Å². The number of rotatable bonds is 8. The summed E-state index contributed by atoms with van der Waals surface area (Å²) in [5.74, 6) is -0.175. The van der Waals surface area contributed by atoms with Gasteiger partial charge in [0.1, 0.15) is 5.82 Å². The Morgan fingerprint density at radius 3 is 2.26 bits per heavy atom. The van der Waals surface area contributed by atoms with Gasteiger partial charge in [0.05, 0.1) is 0 Å². The number of halogens is 1. The molecule has 0 spiro atoms. The molecular formula is C15H24FNO2. The molecule has 3 nitrogen and oxygen atoms in total. The summed E-state index contributed by atoms with van der Waals surface area (Å²) in [6.45, 7) is 7.67. The molecule has 0 aliphatic rings. The quantitative estimate of drug-likeness (QED) is 0.676. The van der Waals surface area contributed by atoms with E-state index in [1.165, 1.54) is 6.07 Å². The SMILES string of the molecule is CCOC(CN(C)C(C)c1ccccc1F)OCC. The summed E-state index contributed by atoms with van der Waals surface area (Å²) in [5.41, 5.74) is 0.691. The molecule has 0 aliphatic heterocycles. The molecular weight excluding hydrogens is 245 g/mol. The topological polar surface area (TPSA) is 21.7 Å². The predicted octanol–water partition coefficient (Wildman–Crippen LogP) is 3.22. The van der Waals surface area contributed by atoms with Crippen molar-refractivity contribution in [2.24, 2.45) is 0 Å². The summed E-state index contributed by atoms with van der Waals surface area (Å²) >= 11 is 0. The van der Waals surface area contributed by atoms with Crippen molar-refractivity contribution >= 4 is 0 Å². The largest absolute Gasteiger partial charge is 0.352 e. The highest BCUT2D eigenvalue weighted by molar-refractivity contribution is 5.20. The Labute approximate surface area is 115 Å². The number of ether oxygens (including phenoxy) is 2. The summed E-state index contributed by atoms with van der Waals surface area (Å²) in [6.07, 6.45) is -0.269. The molecule has 0 heterocycles. The standard InChI is InChI=1S/C15H24FNO2/c1-5-18-15(19-6-2)11-17(4)12(3)13-9-7-8-10-14(13)16/h7-10,12,15H,5-6,11H2,1-4H3. The molecule has 19 heavy (non-hydrogen) atoms. The second-order valence-corrected chi connectivity index (χ2v) is 4.48. The molecule has 0 aromatic heterocycles. The molecule has 108 valence electrons. The summed E-state index contributed by atoms with van der Waals surface area (Å²) < 4.78 is 24.8. The van der Waals surface area contributed by atoms with Crippen LogP contribution in [-0.4, -0.2) is 38.0 Å². The van der Waals surface area contributed by atoms with E-state index in [1.807, 2.05) is 44.9 Å². The van der Waals surface area contributed by atoms with Crippen molar-refractivity contribution in [2.45, 2.75) is 33.1 Å². The van der Waals surface area contributed by atoms with Gasteiger partial charge < -0.3 is 9.47 Å². The van der Waals surface area contributed by atoms with Crippen molar-refractivity contribution in [1.82, 2.24) is 4.90 Å². The Hall–Kier alpha value is -0.970. The first-order valence-electron chi connectivity index (χ1n) is 6.78. The molecule has 0 saturated carbocycles. The Kier molecular flexibility index (Phi) is 6.99. The first-order chi connectivity index (χ1) is 9.10. The maximum absolute atomic E-state index is 13.7. The number of benzene rings is 1. The van der Waals surface area contributed by atoms with E-state index in [0.29, 0.717) is 25.3 Å². The first-order valence-corrected chi connectivity index (χ1v) is 6.78. The third kappa shape index (κ3) is 4.90. The van der Waals surface area contributed by atoms with Crippen molar-refractivity contribution in [3.63, 3.8) is 0 Å². The Bertz CT molecular complexity index is 367. The van der Waals surface area contributed by atoms with E-state index < -0.39 is 0 Å². The van der Waals surface area contributed by atoms with E-state index in [9.17, 15) is 4.39 Å². The molecule has 1 aromatic carbocycles. The molecule has 0 radical (unpaired) electrons. The molecule has 0 bridgehead atoms. The molecule has 0 saturated heterocycles. The molecule has 0 amide bonds. The normalized spacial score (nSPS) is 13.2. The van der Waals surface area contributed by atoms with Crippen molar-refractivity contribution in [1.29, 1.82) is 0 Å². The zero-order valence-electron chi connectivity index (χ0n) is 12.2. The van der Waals surface area contributed by atoms with Crippen molar-refractivity contribution in [2.75, 3.05) is 26.8 Å². The molecule has 1 atom stereocenters. The first kappa shape index (κ1) is 16.1. The van der Waals surface area contributed by atoms with Crippen LogP contribution in [0.5, 0.6) is 0 Å². The van der Waals surface area contributed by atoms with Gasteiger partial charge in [0, 0.05) is 31.4 Å². The van der Waals surface area contributed by atoms with Gasteiger partial charge in [-0.3, -0.25) is 4.90 Å². The number of hydrogen-bond acceptors (Lipinski definition) is 3. The zero-order valence-corrected chi connectivity index (χ0v) is 12.2. The average molecular weight is 269 g/mol. The van der Waals surface area contributed by atoms with E-state index in [0.717, 1.165) is 0 Å². The Balaban J connectivity index is 2.65. The van der Waals surface area contributed by atoms with Crippen LogP contribution in [0.15, 0.2) is 24.3 Å². The average Bonchev–Trinajstić information content (AvgIpc) is 2.39. The minimum atomic E-state index is -0.269. The molecule has 1 rings (SSSR count). The van der Waals surface area contributed by atoms with Crippen molar-refractivity contribution in [3.8, 4) is 0 Å². The fourth-order valence-electron chi connectivity index (χ4n) is 1.97. The van der Waals surface area contributed by atoms with Gasteiger partial charge >= 0.3 is 0 Å². The maximum Gasteiger partial charge on any atom is 0.170 e. The van der Waals surface area contributed by atoms with E-state index in [-0.39, 0.29) is 18.1 Å². The van der Waals surface area contributed by atoms with Crippen LogP contribution in [0.3, 0.4) is 0 Å². The van der Waals surface area contributed by atoms with Crippen molar-refractivity contribution < 1.29 is 13.9 Å². The van der Waals surface area contributed by atoms with E-state index in [2.05, 4.69) is 0 Å². The van der Waals surface area contributed by atoms with Crippen LogP contribution in [0, 0.1) is 5.82 Å². The van der Waals surface area contributed by atoms with Crippen molar-refractivity contribution in [3.05, 3.63) is 35.6 Å². The monoisotopic (exact) mass is 269 g/mol. The van der Waals surface area contributed by atoms with Gasteiger partial charge in [0.15, 0.2) is 6.29 Å². The molecule has 0 N–H and O–H groups in total. The predicted molar refractivity (Wildman–Crippen MR) is 74.5 cm³/mol. The van der Waals surface area contributed by atoms with E-state index >= 15 is 0 Å². The van der Waals surface area contributed by atoms with Crippen LogP contribution >= 0.6 is 0 Å². The molecule has 1 unspecified atom stereocenters. The zero-order chi connectivity index (χ0) is 14.3. The Morgan fingerprint density at radius 2 is 1.74 bits per heavy atom. The van der Waals surface area contributed by atoms with Gasteiger partial charge in [0.25, 0.3) is 0 Å². The Morgan fingerprint density at radius 1 is 1.16 bits per heavy atom. The van der Waals surface area contributed by atoms with Crippen LogP contribution < -0.4 is 0 Å². The van der Waals surface area contributed by atoms with Gasteiger partial charge in [-0.05, 0) is 33.9 Å². The molecule has 0 fully saturated rings. The minimum absolute atomic E-state index is 0.0235. The molecule has 1 aromatic rings. The smallest absolute Gasteiger partial charge is 0.170 e. The van der Waals surface area contributed by atoms with Gasteiger partial charge in [-0.25, -0.2) is 4.39 Å². The highest BCUT2D eigenvalue weighted by Crippen LogP contribution is 2.21. The van der Waals surface area contributed by atoms with Crippen LogP contribution in [-0.2, 0) is 9.47 Å². The maximum atomic E-state index is 13.7. The molecule has 4 heteroatoms. The van der Waals surface area contributed by atoms with Crippen LogP contribution in [0.4, 0.5) is 4.39 Å². The summed E-state index contributed by atoms with van der Waals surface area (Å²) in [6, 6.07) is 6.83.